The van der Waals surface area contributed by atoms with Crippen LogP contribution in [0.5, 0.6) is 0 Å². The quantitative estimate of drug-likeness (QED) is 0.641. The highest BCUT2D eigenvalue weighted by Crippen LogP contribution is 2.28. The zero-order valence-electron chi connectivity index (χ0n) is 11.0. The first-order valence-corrected chi connectivity index (χ1v) is 6.15. The summed E-state index contributed by atoms with van der Waals surface area (Å²) in [5.41, 5.74) is 2.68. The smallest absolute Gasteiger partial charge is 0.120 e. The number of rotatable bonds is 6. The molecule has 1 aliphatic carbocycles. The molecule has 0 heterocycles. The van der Waals surface area contributed by atoms with Crippen LogP contribution in [0.1, 0.15) is 40.0 Å². The summed E-state index contributed by atoms with van der Waals surface area (Å²) in [4.78, 5) is 0. The molecule has 0 aromatic carbocycles. The van der Waals surface area contributed by atoms with Crippen molar-refractivity contribution in [1.29, 1.82) is 0 Å². The van der Waals surface area contributed by atoms with Crippen molar-refractivity contribution in [1.82, 2.24) is 0 Å². The maximum absolute atomic E-state index is 5.86. The van der Waals surface area contributed by atoms with E-state index in [0.29, 0.717) is 5.92 Å². The molecule has 1 unspecified atom stereocenters. The van der Waals surface area contributed by atoms with Crippen molar-refractivity contribution in [2.24, 2.45) is 5.92 Å². The highest BCUT2D eigenvalue weighted by atomic mass is 16.5. The minimum Gasteiger partial charge on any atom is -0.493 e. The molecule has 0 radical (unpaired) electrons. The first-order valence-electron chi connectivity index (χ1n) is 6.15. The van der Waals surface area contributed by atoms with Gasteiger partial charge in [-0.1, -0.05) is 13.0 Å². The molecule has 0 bridgehead atoms. The first kappa shape index (κ1) is 13.3. The highest BCUT2D eigenvalue weighted by molar-refractivity contribution is 5.32. The van der Waals surface area contributed by atoms with Crippen LogP contribution >= 0.6 is 0 Å². The molecule has 1 rings (SSSR count). The van der Waals surface area contributed by atoms with Crippen LogP contribution in [0, 0.1) is 5.92 Å². The van der Waals surface area contributed by atoms with Crippen LogP contribution in [0.4, 0.5) is 0 Å². The van der Waals surface area contributed by atoms with Gasteiger partial charge in [0.15, 0.2) is 0 Å². The van der Waals surface area contributed by atoms with Gasteiger partial charge >= 0.3 is 0 Å². The fourth-order valence-corrected chi connectivity index (χ4v) is 2.23. The minimum absolute atomic E-state index is 0.654. The number of ether oxygens (including phenoxy) is 2. The normalized spacial score (nSPS) is 21.0. The van der Waals surface area contributed by atoms with E-state index in [1.54, 1.807) is 7.11 Å². The van der Waals surface area contributed by atoms with E-state index >= 15 is 0 Å². The number of hydrogen-bond acceptors (Lipinski definition) is 2. The summed E-state index contributed by atoms with van der Waals surface area (Å²) in [7, 11) is 1.74. The Morgan fingerprint density at radius 1 is 1.25 bits per heavy atom. The number of methoxy groups -OCH3 is 1. The van der Waals surface area contributed by atoms with Gasteiger partial charge < -0.3 is 9.47 Å². The van der Waals surface area contributed by atoms with Crippen molar-refractivity contribution < 1.29 is 9.47 Å². The van der Waals surface area contributed by atoms with E-state index in [-0.39, 0.29) is 0 Å². The number of hydrogen-bond donors (Lipinski definition) is 0. The van der Waals surface area contributed by atoms with Crippen LogP contribution in [0.15, 0.2) is 23.0 Å². The Balaban J connectivity index is 2.36. The Hall–Kier alpha value is -0.760. The van der Waals surface area contributed by atoms with Gasteiger partial charge in [0.25, 0.3) is 0 Å². The summed E-state index contributed by atoms with van der Waals surface area (Å²) in [5.74, 6) is 1.77. The second kappa shape index (κ2) is 6.74. The second-order valence-corrected chi connectivity index (χ2v) is 4.69. The van der Waals surface area contributed by atoms with E-state index in [1.807, 2.05) is 0 Å². The van der Waals surface area contributed by atoms with Crippen molar-refractivity contribution in [3.05, 3.63) is 23.0 Å². The second-order valence-electron chi connectivity index (χ2n) is 4.69. The van der Waals surface area contributed by atoms with E-state index in [0.717, 1.165) is 38.2 Å². The minimum atomic E-state index is 0.654. The molecule has 0 saturated carbocycles. The summed E-state index contributed by atoms with van der Waals surface area (Å²) >= 11 is 0. The maximum Gasteiger partial charge on any atom is 0.120 e. The molecular weight excluding hydrogens is 200 g/mol. The van der Waals surface area contributed by atoms with Gasteiger partial charge in [-0.15, -0.1) is 0 Å². The van der Waals surface area contributed by atoms with Gasteiger partial charge in [-0.25, -0.2) is 0 Å². The Morgan fingerprint density at radius 2 is 1.94 bits per heavy atom. The Bertz CT molecular complexity index is 276. The largest absolute Gasteiger partial charge is 0.493 e. The predicted molar refractivity (Wildman–Crippen MR) is 67.3 cm³/mol. The molecule has 92 valence electrons. The van der Waals surface area contributed by atoms with E-state index in [4.69, 9.17) is 9.47 Å². The van der Waals surface area contributed by atoms with Crippen molar-refractivity contribution >= 4 is 0 Å². The third-order valence-electron chi connectivity index (χ3n) is 2.90. The Morgan fingerprint density at radius 3 is 2.56 bits per heavy atom. The molecule has 1 atom stereocenters. The molecule has 0 N–H and O–H groups in total. The van der Waals surface area contributed by atoms with Gasteiger partial charge in [-0.3, -0.25) is 0 Å². The third kappa shape index (κ3) is 4.01. The Kier molecular flexibility index (Phi) is 5.61. The van der Waals surface area contributed by atoms with Crippen molar-refractivity contribution in [2.75, 3.05) is 20.3 Å². The molecule has 1 aliphatic rings. The van der Waals surface area contributed by atoms with Crippen LogP contribution < -0.4 is 0 Å². The molecule has 0 spiro atoms. The van der Waals surface area contributed by atoms with Gasteiger partial charge in [0.05, 0.1) is 6.61 Å². The van der Waals surface area contributed by atoms with Gasteiger partial charge in [-0.05, 0) is 50.2 Å². The summed E-state index contributed by atoms with van der Waals surface area (Å²) in [5, 5.41) is 0. The maximum atomic E-state index is 5.86. The van der Waals surface area contributed by atoms with Crippen LogP contribution in [-0.2, 0) is 9.47 Å². The predicted octanol–water partition coefficient (Wildman–Crippen LogP) is 3.69. The topological polar surface area (TPSA) is 18.5 Å². The van der Waals surface area contributed by atoms with Crippen LogP contribution in [0.2, 0.25) is 0 Å². The molecule has 0 aromatic rings. The van der Waals surface area contributed by atoms with Crippen LogP contribution in [0.3, 0.4) is 0 Å². The molecule has 2 nitrogen and oxygen atoms in total. The van der Waals surface area contributed by atoms with E-state index in [9.17, 15) is 0 Å². The summed E-state index contributed by atoms with van der Waals surface area (Å²) in [6.45, 7) is 8.20. The van der Waals surface area contributed by atoms with Crippen LogP contribution in [0.25, 0.3) is 0 Å². The average molecular weight is 224 g/mol. The lowest BCUT2D eigenvalue weighted by Crippen LogP contribution is -2.08. The van der Waals surface area contributed by atoms with Crippen molar-refractivity contribution in [3.8, 4) is 0 Å². The van der Waals surface area contributed by atoms with Crippen molar-refractivity contribution in [2.45, 2.75) is 40.0 Å². The van der Waals surface area contributed by atoms with Gasteiger partial charge in [0.2, 0.25) is 0 Å². The fraction of sp³-hybridized carbons (Fsp3) is 0.714. The van der Waals surface area contributed by atoms with E-state index in [2.05, 4.69) is 26.8 Å². The third-order valence-corrected chi connectivity index (χ3v) is 2.90. The Labute approximate surface area is 99.3 Å². The lowest BCUT2D eigenvalue weighted by atomic mass is 9.91. The molecule has 0 aliphatic heterocycles. The molecular formula is C14H24O2. The lowest BCUT2D eigenvalue weighted by Gasteiger charge is -2.21. The highest BCUT2D eigenvalue weighted by Gasteiger charge is 2.15. The molecule has 0 aromatic heterocycles. The summed E-state index contributed by atoms with van der Waals surface area (Å²) < 4.78 is 10.9. The van der Waals surface area contributed by atoms with E-state index < -0.39 is 0 Å². The first-order chi connectivity index (χ1) is 7.65. The summed E-state index contributed by atoms with van der Waals surface area (Å²) in [6.07, 6.45) is 5.57. The monoisotopic (exact) mass is 224 g/mol. The zero-order valence-corrected chi connectivity index (χ0v) is 11.0. The lowest BCUT2D eigenvalue weighted by molar-refractivity contribution is 0.166. The standard InChI is InChI=1S/C14H24O2/c1-11-9-12(2)14(13(3)10-11)16-8-6-5-7-15-4/h9,11H,5-8,10H2,1-4H3. The van der Waals surface area contributed by atoms with Crippen molar-refractivity contribution in [3.63, 3.8) is 0 Å². The van der Waals surface area contributed by atoms with E-state index in [1.165, 1.54) is 11.1 Å². The van der Waals surface area contributed by atoms with Gasteiger partial charge in [0, 0.05) is 13.7 Å². The summed E-state index contributed by atoms with van der Waals surface area (Å²) in [6, 6.07) is 0. The molecule has 2 heteroatoms. The van der Waals surface area contributed by atoms with Gasteiger partial charge in [-0.2, -0.15) is 0 Å². The average Bonchev–Trinajstić information content (AvgIpc) is 2.20. The zero-order chi connectivity index (χ0) is 12.0. The number of unbranched alkanes of at least 4 members (excludes halogenated alkanes) is 1. The van der Waals surface area contributed by atoms with Crippen LogP contribution in [-0.4, -0.2) is 20.3 Å². The SMILES string of the molecule is COCCCCOC1=C(C)CC(C)C=C1C. The molecule has 0 fully saturated rings. The molecule has 0 amide bonds. The van der Waals surface area contributed by atoms with Gasteiger partial charge in [0.1, 0.15) is 5.76 Å². The fourth-order valence-electron chi connectivity index (χ4n) is 2.23. The molecule has 16 heavy (non-hydrogen) atoms. The molecule has 0 saturated heterocycles. The number of allylic oxidation sites excluding steroid dienone is 3.